The van der Waals surface area contributed by atoms with Gasteiger partial charge in [-0.05, 0) is 39.7 Å². The third-order valence-electron chi connectivity index (χ3n) is 6.99. The highest BCUT2D eigenvalue weighted by Crippen LogP contribution is 2.30. The predicted molar refractivity (Wildman–Crippen MR) is 170 cm³/mol. The molecule has 1 atom stereocenters. The van der Waals surface area contributed by atoms with Gasteiger partial charge in [0, 0.05) is 34.8 Å². The van der Waals surface area contributed by atoms with Gasteiger partial charge < -0.3 is 15.7 Å². The molecular weight excluding hydrogens is 560 g/mol. The van der Waals surface area contributed by atoms with Gasteiger partial charge in [0.2, 0.25) is 5.91 Å². The molecule has 2 amide bonds. The fourth-order valence-corrected chi connectivity index (χ4v) is 5.37. The van der Waals surface area contributed by atoms with Crippen LogP contribution in [0.15, 0.2) is 73.1 Å². The molecule has 0 spiro atoms. The van der Waals surface area contributed by atoms with Crippen molar-refractivity contribution in [1.29, 1.82) is 0 Å². The van der Waals surface area contributed by atoms with Crippen LogP contribution >= 0.6 is 11.3 Å². The number of carboxylic acids is 1. The quantitative estimate of drug-likeness (QED) is 0.217. The molecule has 0 unspecified atom stereocenters. The number of aliphatic carboxylic acids is 1. The lowest BCUT2D eigenvalue weighted by Crippen LogP contribution is -2.49. The van der Waals surface area contributed by atoms with E-state index in [0.717, 1.165) is 27.1 Å². The number of aromatic nitrogens is 2. The van der Waals surface area contributed by atoms with Gasteiger partial charge in [0.1, 0.15) is 12.6 Å². The molecule has 3 N–H and O–H groups in total. The van der Waals surface area contributed by atoms with Crippen LogP contribution in [0.3, 0.4) is 0 Å². The van der Waals surface area contributed by atoms with Gasteiger partial charge in [-0.1, -0.05) is 90.1 Å². The minimum atomic E-state index is -1.16. The SMILES string of the molecule is CC(C)(C)c1ccc(-c2cnc(-c3ccc(C[C@@H](NC(=O)c4ccc(C(C)(C)C)s4)C(=O)NCC(=O)O)cc3)nc2)cc1. The van der Waals surface area contributed by atoms with Gasteiger partial charge in [0.05, 0.1) is 4.88 Å². The molecule has 0 aliphatic carbocycles. The van der Waals surface area contributed by atoms with E-state index in [9.17, 15) is 14.4 Å². The summed E-state index contributed by atoms with van der Waals surface area (Å²) in [7, 11) is 0. The standard InChI is InChI=1S/C34H38N4O4S/c1-33(2,3)25-13-11-22(12-14-25)24-18-35-30(36-19-24)23-9-7-21(8-10-23)17-26(31(41)37-20-29(39)40)38-32(42)27-15-16-28(43-27)34(4,5)6/h7-16,18-19,26H,17,20H2,1-6H3,(H,37,41)(H,38,42)(H,39,40)/t26-/m1/s1. The summed E-state index contributed by atoms with van der Waals surface area (Å²) < 4.78 is 0. The number of carbonyl (C=O) groups excluding carboxylic acids is 2. The van der Waals surface area contributed by atoms with E-state index in [4.69, 9.17) is 5.11 Å². The van der Waals surface area contributed by atoms with Crippen molar-refractivity contribution >= 4 is 29.1 Å². The largest absolute Gasteiger partial charge is 0.480 e. The number of rotatable bonds is 9. The molecule has 0 bridgehead atoms. The Morgan fingerprint density at radius 1 is 0.791 bits per heavy atom. The average Bonchev–Trinajstić information content (AvgIpc) is 3.47. The highest BCUT2D eigenvalue weighted by molar-refractivity contribution is 7.14. The molecule has 2 aromatic heterocycles. The summed E-state index contributed by atoms with van der Waals surface area (Å²) in [6, 6.07) is 18.5. The second kappa shape index (κ2) is 12.9. The van der Waals surface area contributed by atoms with Crippen LogP contribution in [0.4, 0.5) is 0 Å². The predicted octanol–water partition coefficient (Wildman–Crippen LogP) is 6.01. The van der Waals surface area contributed by atoms with Crippen LogP contribution in [0.1, 0.15) is 67.2 Å². The molecule has 2 aromatic carbocycles. The molecule has 4 aromatic rings. The van der Waals surface area contributed by atoms with E-state index in [0.29, 0.717) is 10.7 Å². The lowest BCUT2D eigenvalue weighted by Gasteiger charge is -2.19. The van der Waals surface area contributed by atoms with Crippen molar-refractivity contribution in [3.8, 4) is 22.5 Å². The van der Waals surface area contributed by atoms with E-state index in [1.54, 1.807) is 18.5 Å². The molecule has 0 saturated carbocycles. The second-order valence-electron chi connectivity index (χ2n) is 12.6. The van der Waals surface area contributed by atoms with E-state index < -0.39 is 24.5 Å². The number of nitrogens with zero attached hydrogens (tertiary/aromatic N) is 2. The lowest BCUT2D eigenvalue weighted by molar-refractivity contribution is -0.138. The summed E-state index contributed by atoms with van der Waals surface area (Å²) in [4.78, 5) is 47.6. The molecule has 0 aliphatic heterocycles. The highest BCUT2D eigenvalue weighted by atomic mass is 32.1. The van der Waals surface area contributed by atoms with Crippen LogP contribution < -0.4 is 10.6 Å². The molecule has 9 heteroatoms. The Balaban J connectivity index is 1.47. The van der Waals surface area contributed by atoms with Crippen LogP contribution in [-0.2, 0) is 26.8 Å². The number of benzene rings is 2. The molecule has 4 rings (SSSR count). The summed E-state index contributed by atoms with van der Waals surface area (Å²) in [6.07, 6.45) is 3.78. The molecular formula is C34H38N4O4S. The average molecular weight is 599 g/mol. The molecule has 2 heterocycles. The van der Waals surface area contributed by atoms with Gasteiger partial charge in [-0.15, -0.1) is 11.3 Å². The van der Waals surface area contributed by atoms with Crippen LogP contribution in [0.5, 0.6) is 0 Å². The zero-order chi connectivity index (χ0) is 31.4. The summed E-state index contributed by atoms with van der Waals surface area (Å²) in [5.41, 5.74) is 4.80. The van der Waals surface area contributed by atoms with Gasteiger partial charge >= 0.3 is 5.97 Å². The molecule has 0 fully saturated rings. The second-order valence-corrected chi connectivity index (χ2v) is 13.7. The third-order valence-corrected chi connectivity index (χ3v) is 8.50. The Morgan fingerprint density at radius 3 is 1.93 bits per heavy atom. The van der Waals surface area contributed by atoms with E-state index in [2.05, 4.69) is 86.4 Å². The fraction of sp³-hybridized carbons (Fsp3) is 0.324. The molecule has 0 radical (unpaired) electrons. The van der Waals surface area contributed by atoms with Crippen LogP contribution in [0.2, 0.25) is 0 Å². The maximum Gasteiger partial charge on any atom is 0.322 e. The van der Waals surface area contributed by atoms with E-state index in [1.807, 2.05) is 30.3 Å². The first-order valence-electron chi connectivity index (χ1n) is 14.1. The summed E-state index contributed by atoms with van der Waals surface area (Å²) in [6.45, 7) is 12.2. The molecule has 0 aliphatic rings. The molecule has 224 valence electrons. The number of thiophene rings is 1. The van der Waals surface area contributed by atoms with Crippen LogP contribution in [0.25, 0.3) is 22.5 Å². The van der Waals surface area contributed by atoms with Crippen LogP contribution in [-0.4, -0.2) is 45.4 Å². The summed E-state index contributed by atoms with van der Waals surface area (Å²) in [5, 5.41) is 14.2. The number of nitrogens with one attached hydrogen (secondary N) is 2. The van der Waals surface area contributed by atoms with Crippen molar-refractivity contribution in [2.75, 3.05) is 6.54 Å². The van der Waals surface area contributed by atoms with Crippen molar-refractivity contribution in [2.24, 2.45) is 0 Å². The summed E-state index contributed by atoms with van der Waals surface area (Å²) in [5.74, 6) is -1.54. The Morgan fingerprint density at radius 2 is 1.40 bits per heavy atom. The minimum Gasteiger partial charge on any atom is -0.480 e. The monoisotopic (exact) mass is 598 g/mol. The zero-order valence-electron chi connectivity index (χ0n) is 25.4. The van der Waals surface area contributed by atoms with Gasteiger partial charge in [0.15, 0.2) is 5.82 Å². The topological polar surface area (TPSA) is 121 Å². The molecule has 8 nitrogen and oxygen atoms in total. The summed E-state index contributed by atoms with van der Waals surface area (Å²) >= 11 is 1.37. The Bertz CT molecular complexity index is 1580. The smallest absolute Gasteiger partial charge is 0.322 e. The lowest BCUT2D eigenvalue weighted by atomic mass is 9.86. The molecule has 0 saturated heterocycles. The van der Waals surface area contributed by atoms with Crippen molar-refractivity contribution in [1.82, 2.24) is 20.6 Å². The fourth-order valence-electron chi connectivity index (χ4n) is 4.40. The van der Waals surface area contributed by atoms with Crippen molar-refractivity contribution < 1.29 is 19.5 Å². The Labute approximate surface area is 256 Å². The Kier molecular flexibility index (Phi) is 9.45. The number of carboxylic acid groups (broad SMARTS) is 1. The number of hydrogen-bond donors (Lipinski definition) is 3. The van der Waals surface area contributed by atoms with E-state index in [-0.39, 0.29) is 23.2 Å². The highest BCUT2D eigenvalue weighted by Gasteiger charge is 2.25. The Hall–Kier alpha value is -4.37. The third kappa shape index (κ3) is 8.35. The first-order chi connectivity index (χ1) is 20.2. The zero-order valence-corrected chi connectivity index (χ0v) is 26.2. The molecule has 43 heavy (non-hydrogen) atoms. The number of amides is 2. The van der Waals surface area contributed by atoms with Gasteiger partial charge in [-0.2, -0.15) is 0 Å². The van der Waals surface area contributed by atoms with E-state index >= 15 is 0 Å². The maximum atomic E-state index is 13.0. The van der Waals surface area contributed by atoms with Crippen LogP contribution in [0, 0.1) is 0 Å². The van der Waals surface area contributed by atoms with Crippen molar-refractivity contribution in [3.63, 3.8) is 0 Å². The number of carbonyl (C=O) groups is 3. The van der Waals surface area contributed by atoms with Crippen molar-refractivity contribution in [2.45, 2.75) is 64.8 Å². The van der Waals surface area contributed by atoms with Gasteiger partial charge in [0.25, 0.3) is 5.91 Å². The number of hydrogen-bond acceptors (Lipinski definition) is 6. The van der Waals surface area contributed by atoms with Crippen molar-refractivity contribution in [3.05, 3.63) is 93.9 Å². The minimum absolute atomic E-state index is 0.0825. The maximum absolute atomic E-state index is 13.0. The normalized spacial score (nSPS) is 12.4. The first-order valence-corrected chi connectivity index (χ1v) is 15.0. The first kappa shape index (κ1) is 31.6. The van der Waals surface area contributed by atoms with Gasteiger partial charge in [-0.3, -0.25) is 14.4 Å². The van der Waals surface area contributed by atoms with E-state index in [1.165, 1.54) is 16.9 Å². The van der Waals surface area contributed by atoms with Gasteiger partial charge in [-0.25, -0.2) is 9.97 Å².